The zero-order chi connectivity index (χ0) is 9.19. The molecular formula is C7H15NO3S. The first kappa shape index (κ1) is 9.95. The molecule has 12 heavy (non-hydrogen) atoms. The molecule has 0 aliphatic carbocycles. The highest BCUT2D eigenvalue weighted by atomic mass is 32.2. The maximum atomic E-state index is 10.7. The maximum Gasteiger partial charge on any atom is 0.211 e. The van der Waals surface area contributed by atoms with Gasteiger partial charge < -0.3 is 4.74 Å². The molecule has 0 aromatic heterocycles. The summed E-state index contributed by atoms with van der Waals surface area (Å²) in [6.07, 6.45) is 2.83. The van der Waals surface area contributed by atoms with Gasteiger partial charge in [0.2, 0.25) is 10.0 Å². The summed E-state index contributed by atoms with van der Waals surface area (Å²) in [5, 5.41) is 4.90. The molecule has 72 valence electrons. The minimum atomic E-state index is -3.37. The Labute approximate surface area is 73.1 Å². The Morgan fingerprint density at radius 1 is 1.50 bits per heavy atom. The van der Waals surface area contributed by atoms with Crippen molar-refractivity contribution in [1.29, 1.82) is 0 Å². The van der Waals surface area contributed by atoms with Gasteiger partial charge in [-0.15, -0.1) is 0 Å². The minimum absolute atomic E-state index is 0.0443. The highest BCUT2D eigenvalue weighted by Gasteiger charge is 2.22. The van der Waals surface area contributed by atoms with Crippen LogP contribution < -0.4 is 5.14 Å². The number of primary sulfonamides is 1. The molecule has 1 aliphatic rings. The third-order valence-electron chi connectivity index (χ3n) is 1.98. The highest BCUT2D eigenvalue weighted by molar-refractivity contribution is 7.89. The average Bonchev–Trinajstić information content (AvgIpc) is 1.82. The van der Waals surface area contributed by atoms with Gasteiger partial charge in [0.25, 0.3) is 0 Å². The lowest BCUT2D eigenvalue weighted by molar-refractivity contribution is -0.0274. The molecule has 0 aromatic rings. The van der Waals surface area contributed by atoms with Gasteiger partial charge in [-0.05, 0) is 26.2 Å². The van der Waals surface area contributed by atoms with Crippen molar-refractivity contribution in [2.75, 3.05) is 5.75 Å². The van der Waals surface area contributed by atoms with Gasteiger partial charge in [0.15, 0.2) is 0 Å². The quantitative estimate of drug-likeness (QED) is 0.682. The summed E-state index contributed by atoms with van der Waals surface area (Å²) >= 11 is 0. The first-order valence-corrected chi connectivity index (χ1v) is 5.85. The Bertz CT molecular complexity index is 237. The fourth-order valence-electron chi connectivity index (χ4n) is 1.48. The number of ether oxygens (including phenoxy) is 1. The summed E-state index contributed by atoms with van der Waals surface area (Å²) in [6.45, 7) is 1.95. The number of nitrogens with two attached hydrogens (primary N) is 1. The van der Waals surface area contributed by atoms with Crippen molar-refractivity contribution >= 4 is 10.0 Å². The van der Waals surface area contributed by atoms with Crippen molar-refractivity contribution in [3.8, 4) is 0 Å². The van der Waals surface area contributed by atoms with E-state index in [1.54, 1.807) is 0 Å². The lowest BCUT2D eigenvalue weighted by Gasteiger charge is -2.26. The van der Waals surface area contributed by atoms with Gasteiger partial charge in [-0.1, -0.05) is 0 Å². The van der Waals surface area contributed by atoms with Crippen molar-refractivity contribution in [2.24, 2.45) is 5.14 Å². The molecule has 1 aliphatic heterocycles. The molecule has 1 saturated heterocycles. The van der Waals surface area contributed by atoms with Gasteiger partial charge in [0.1, 0.15) is 0 Å². The predicted octanol–water partition coefficient (Wildman–Crippen LogP) is 0.233. The molecule has 0 amide bonds. The molecule has 2 atom stereocenters. The molecule has 4 nitrogen and oxygen atoms in total. The van der Waals surface area contributed by atoms with Crippen LogP contribution in [0.4, 0.5) is 0 Å². The normalized spacial score (nSPS) is 31.8. The molecule has 2 N–H and O–H groups in total. The Morgan fingerprint density at radius 3 is 2.67 bits per heavy atom. The third-order valence-corrected chi connectivity index (χ3v) is 2.82. The lowest BCUT2D eigenvalue weighted by atomic mass is 10.1. The molecule has 5 heteroatoms. The second-order valence-electron chi connectivity index (χ2n) is 3.33. The third kappa shape index (κ3) is 3.51. The highest BCUT2D eigenvalue weighted by Crippen LogP contribution is 2.18. The van der Waals surface area contributed by atoms with E-state index in [0.29, 0.717) is 0 Å². The van der Waals surface area contributed by atoms with Crippen molar-refractivity contribution in [2.45, 2.75) is 38.4 Å². The number of hydrogen-bond acceptors (Lipinski definition) is 3. The van der Waals surface area contributed by atoms with E-state index in [-0.39, 0.29) is 18.0 Å². The van der Waals surface area contributed by atoms with Gasteiger partial charge in [-0.25, -0.2) is 13.6 Å². The van der Waals surface area contributed by atoms with E-state index in [1.165, 1.54) is 0 Å². The molecule has 1 rings (SSSR count). The van der Waals surface area contributed by atoms with Gasteiger partial charge in [0, 0.05) is 0 Å². The van der Waals surface area contributed by atoms with Crippen LogP contribution in [0.5, 0.6) is 0 Å². The zero-order valence-corrected chi connectivity index (χ0v) is 8.01. The van der Waals surface area contributed by atoms with Crippen LogP contribution in [-0.4, -0.2) is 26.4 Å². The van der Waals surface area contributed by atoms with E-state index in [2.05, 4.69) is 0 Å². The first-order valence-electron chi connectivity index (χ1n) is 4.13. The molecule has 0 bridgehead atoms. The van der Waals surface area contributed by atoms with Gasteiger partial charge in [-0.2, -0.15) is 0 Å². The minimum Gasteiger partial charge on any atom is -0.374 e. The molecule has 1 heterocycles. The summed E-state index contributed by atoms with van der Waals surface area (Å²) in [6, 6.07) is 0. The van der Waals surface area contributed by atoms with Crippen molar-refractivity contribution in [3.63, 3.8) is 0 Å². The molecular weight excluding hydrogens is 178 g/mol. The van der Waals surface area contributed by atoms with E-state index in [4.69, 9.17) is 9.88 Å². The summed E-state index contributed by atoms with van der Waals surface area (Å²) < 4.78 is 26.8. The fourth-order valence-corrected chi connectivity index (χ4v) is 2.24. The second-order valence-corrected chi connectivity index (χ2v) is 4.99. The van der Waals surface area contributed by atoms with E-state index < -0.39 is 10.0 Å². The molecule has 1 fully saturated rings. The standard InChI is InChI=1S/C7H15NO3S/c1-6-3-2-4-7(11-6)5-12(8,9)10/h6-7H,2-5H2,1H3,(H2,8,9,10)/t6-,7+/m1/s1. The van der Waals surface area contributed by atoms with E-state index in [0.717, 1.165) is 19.3 Å². The number of rotatable bonds is 2. The van der Waals surface area contributed by atoms with Crippen LogP contribution in [0.25, 0.3) is 0 Å². The monoisotopic (exact) mass is 193 g/mol. The van der Waals surface area contributed by atoms with Crippen LogP contribution in [0, 0.1) is 0 Å². The first-order chi connectivity index (χ1) is 5.47. The van der Waals surface area contributed by atoms with E-state index in [9.17, 15) is 8.42 Å². The van der Waals surface area contributed by atoms with Gasteiger partial charge >= 0.3 is 0 Å². The summed E-state index contributed by atoms with van der Waals surface area (Å²) in [7, 11) is -3.37. The van der Waals surface area contributed by atoms with Crippen molar-refractivity contribution in [3.05, 3.63) is 0 Å². The van der Waals surface area contributed by atoms with Crippen LogP contribution in [0.2, 0.25) is 0 Å². The Hall–Kier alpha value is -0.130. The average molecular weight is 193 g/mol. The Kier molecular flexibility index (Phi) is 3.09. The smallest absolute Gasteiger partial charge is 0.211 e. The molecule has 0 aromatic carbocycles. The lowest BCUT2D eigenvalue weighted by Crippen LogP contribution is -2.34. The number of hydrogen-bond donors (Lipinski definition) is 1. The SMILES string of the molecule is C[C@@H]1CCC[C@@H](CS(N)(=O)=O)O1. The van der Waals surface area contributed by atoms with E-state index in [1.807, 2.05) is 6.92 Å². The Morgan fingerprint density at radius 2 is 2.17 bits per heavy atom. The van der Waals surface area contributed by atoms with Gasteiger partial charge in [0.05, 0.1) is 18.0 Å². The fraction of sp³-hybridized carbons (Fsp3) is 1.00. The zero-order valence-electron chi connectivity index (χ0n) is 7.19. The summed E-state index contributed by atoms with van der Waals surface area (Å²) in [5.74, 6) is -0.0443. The van der Waals surface area contributed by atoms with Crippen molar-refractivity contribution in [1.82, 2.24) is 0 Å². The molecule has 0 radical (unpaired) electrons. The predicted molar refractivity (Wildman–Crippen MR) is 46.2 cm³/mol. The van der Waals surface area contributed by atoms with Crippen LogP contribution >= 0.6 is 0 Å². The maximum absolute atomic E-state index is 10.7. The summed E-state index contributed by atoms with van der Waals surface area (Å²) in [5.41, 5.74) is 0. The summed E-state index contributed by atoms with van der Waals surface area (Å²) in [4.78, 5) is 0. The van der Waals surface area contributed by atoms with Crippen molar-refractivity contribution < 1.29 is 13.2 Å². The van der Waals surface area contributed by atoms with Crippen LogP contribution in [0.1, 0.15) is 26.2 Å². The van der Waals surface area contributed by atoms with Crippen LogP contribution in [0.3, 0.4) is 0 Å². The molecule has 0 saturated carbocycles. The molecule has 0 spiro atoms. The second kappa shape index (κ2) is 3.72. The van der Waals surface area contributed by atoms with Crippen LogP contribution in [0.15, 0.2) is 0 Å². The van der Waals surface area contributed by atoms with E-state index >= 15 is 0 Å². The van der Waals surface area contributed by atoms with Crippen LogP contribution in [-0.2, 0) is 14.8 Å². The largest absolute Gasteiger partial charge is 0.374 e. The van der Waals surface area contributed by atoms with Gasteiger partial charge in [-0.3, -0.25) is 0 Å². The number of sulfonamides is 1. The molecule has 0 unspecified atom stereocenters. The Balaban J connectivity index is 2.43. The topological polar surface area (TPSA) is 69.4 Å².